The van der Waals surface area contributed by atoms with E-state index in [-0.39, 0.29) is 5.97 Å². The van der Waals surface area contributed by atoms with Gasteiger partial charge in [0.2, 0.25) is 0 Å². The van der Waals surface area contributed by atoms with Crippen LogP contribution in [0.1, 0.15) is 42.7 Å². The molecule has 0 saturated carbocycles. The molecule has 3 aromatic carbocycles. The summed E-state index contributed by atoms with van der Waals surface area (Å²) in [5.41, 5.74) is 7.73. The van der Waals surface area contributed by atoms with E-state index in [9.17, 15) is 4.79 Å². The average Bonchev–Trinajstić information content (AvgIpc) is 3.26. The Labute approximate surface area is 199 Å². The number of rotatable bonds is 7. The molecule has 0 unspecified atom stereocenters. The predicted octanol–water partition coefficient (Wildman–Crippen LogP) is 7.77. The smallest absolute Gasteiger partial charge is 0.330 e. The van der Waals surface area contributed by atoms with E-state index in [1.54, 1.807) is 13.0 Å². The normalized spacial score (nSPS) is 12.2. The third-order valence-corrected chi connectivity index (χ3v) is 5.80. The van der Waals surface area contributed by atoms with Gasteiger partial charge in [0, 0.05) is 33.3 Å². The summed E-state index contributed by atoms with van der Waals surface area (Å²) in [7, 11) is 0. The first-order valence-corrected chi connectivity index (χ1v) is 11.5. The number of carbonyl (C=O) groups excluding carboxylic acids is 1. The van der Waals surface area contributed by atoms with E-state index >= 15 is 0 Å². The zero-order valence-electron chi connectivity index (χ0n) is 18.8. The molecule has 0 spiro atoms. The zero-order valence-corrected chi connectivity index (χ0v) is 19.5. The molecule has 0 amide bonds. The lowest BCUT2D eigenvalue weighted by molar-refractivity contribution is -0.137. The molecule has 0 aliphatic carbocycles. The SMILES string of the molecule is CCOC(=O)/C=C/c1ccc(/C(=C(/CC)c2ccc(Cl)cc2)c2cc3ccccc3[nH]2)cc1. The molecule has 4 aromatic rings. The van der Waals surface area contributed by atoms with E-state index in [0.717, 1.165) is 44.9 Å². The maximum Gasteiger partial charge on any atom is 0.330 e. The molecule has 1 heterocycles. The number of esters is 1. The molecule has 4 rings (SSSR count). The number of para-hydroxylation sites is 1. The van der Waals surface area contributed by atoms with Crippen molar-refractivity contribution >= 4 is 45.7 Å². The number of H-pyrrole nitrogens is 1. The van der Waals surface area contributed by atoms with Crippen LogP contribution in [-0.2, 0) is 9.53 Å². The average molecular weight is 456 g/mol. The molecular weight excluding hydrogens is 430 g/mol. The summed E-state index contributed by atoms with van der Waals surface area (Å²) in [4.78, 5) is 15.2. The molecule has 0 fully saturated rings. The van der Waals surface area contributed by atoms with Crippen LogP contribution >= 0.6 is 11.6 Å². The number of aromatic nitrogens is 1. The molecule has 1 N–H and O–H groups in total. The van der Waals surface area contributed by atoms with Crippen LogP contribution in [-0.4, -0.2) is 17.6 Å². The summed E-state index contributed by atoms with van der Waals surface area (Å²) >= 11 is 6.15. The van der Waals surface area contributed by atoms with Crippen molar-refractivity contribution in [2.24, 2.45) is 0 Å². The summed E-state index contributed by atoms with van der Waals surface area (Å²) in [6, 6.07) is 26.7. The third-order valence-electron chi connectivity index (χ3n) is 5.55. The molecule has 0 bridgehead atoms. The minimum Gasteiger partial charge on any atom is -0.463 e. The van der Waals surface area contributed by atoms with Crippen molar-refractivity contribution in [3.05, 3.63) is 112 Å². The van der Waals surface area contributed by atoms with Crippen LogP contribution in [0.25, 0.3) is 28.1 Å². The standard InChI is InChI=1S/C29H26ClNO2/c1-3-25(21-14-16-24(30)17-15-21)29(27-19-23-7-5-6-8-26(23)31-27)22-12-9-20(10-13-22)11-18-28(32)33-4-2/h5-19,31H,3-4H2,1-2H3/b18-11+,29-25+. The monoisotopic (exact) mass is 455 g/mol. The van der Waals surface area contributed by atoms with Gasteiger partial charge in [-0.05, 0) is 65.9 Å². The summed E-state index contributed by atoms with van der Waals surface area (Å²) in [5.74, 6) is -0.337. The highest BCUT2D eigenvalue weighted by Gasteiger charge is 2.15. The van der Waals surface area contributed by atoms with Crippen LogP contribution in [0, 0.1) is 0 Å². The number of benzene rings is 3. The third kappa shape index (κ3) is 5.27. The number of nitrogens with one attached hydrogen (secondary N) is 1. The van der Waals surface area contributed by atoms with Crippen LogP contribution in [0.4, 0.5) is 0 Å². The van der Waals surface area contributed by atoms with Gasteiger partial charge in [-0.3, -0.25) is 0 Å². The van der Waals surface area contributed by atoms with Crippen LogP contribution in [0.15, 0.2) is 84.9 Å². The van der Waals surface area contributed by atoms with Gasteiger partial charge in [-0.1, -0.05) is 73.1 Å². The van der Waals surface area contributed by atoms with Crippen molar-refractivity contribution in [3.8, 4) is 0 Å². The van der Waals surface area contributed by atoms with Gasteiger partial charge in [0.05, 0.1) is 6.61 Å². The maximum absolute atomic E-state index is 11.6. The summed E-state index contributed by atoms with van der Waals surface area (Å²) in [5, 5.41) is 1.89. The van der Waals surface area contributed by atoms with Gasteiger partial charge in [0.15, 0.2) is 0 Å². The van der Waals surface area contributed by atoms with Gasteiger partial charge in [-0.2, -0.15) is 0 Å². The highest BCUT2D eigenvalue weighted by atomic mass is 35.5. The van der Waals surface area contributed by atoms with Crippen molar-refractivity contribution < 1.29 is 9.53 Å². The van der Waals surface area contributed by atoms with Gasteiger partial charge in [-0.15, -0.1) is 0 Å². The molecule has 33 heavy (non-hydrogen) atoms. The Morgan fingerprint density at radius 2 is 1.64 bits per heavy atom. The molecule has 3 nitrogen and oxygen atoms in total. The molecule has 1 aromatic heterocycles. The van der Waals surface area contributed by atoms with E-state index in [4.69, 9.17) is 16.3 Å². The highest BCUT2D eigenvalue weighted by Crippen LogP contribution is 2.35. The predicted molar refractivity (Wildman–Crippen MR) is 138 cm³/mol. The Bertz CT molecular complexity index is 1280. The summed E-state index contributed by atoms with van der Waals surface area (Å²) in [6.45, 7) is 4.33. The summed E-state index contributed by atoms with van der Waals surface area (Å²) in [6.07, 6.45) is 4.09. The second-order valence-corrected chi connectivity index (χ2v) is 8.13. The van der Waals surface area contributed by atoms with Gasteiger partial charge in [0.25, 0.3) is 0 Å². The number of fused-ring (bicyclic) bond motifs is 1. The number of carbonyl (C=O) groups is 1. The topological polar surface area (TPSA) is 42.1 Å². The second kappa shape index (κ2) is 10.4. The highest BCUT2D eigenvalue weighted by molar-refractivity contribution is 6.30. The minimum atomic E-state index is -0.337. The fourth-order valence-corrected chi connectivity index (χ4v) is 4.12. The molecular formula is C29H26ClNO2. The maximum atomic E-state index is 11.6. The molecule has 0 saturated heterocycles. The number of aromatic amines is 1. The minimum absolute atomic E-state index is 0.337. The molecule has 4 heteroatoms. The number of halogens is 1. The van der Waals surface area contributed by atoms with Gasteiger partial charge < -0.3 is 9.72 Å². The lowest BCUT2D eigenvalue weighted by atomic mass is 9.90. The lowest BCUT2D eigenvalue weighted by Gasteiger charge is -2.15. The first-order chi connectivity index (χ1) is 16.1. The Balaban J connectivity index is 1.82. The molecule has 166 valence electrons. The Kier molecular flexibility index (Phi) is 7.11. The van der Waals surface area contributed by atoms with E-state index in [1.165, 1.54) is 17.0 Å². The van der Waals surface area contributed by atoms with Crippen molar-refractivity contribution in [2.45, 2.75) is 20.3 Å². The molecule has 0 atom stereocenters. The number of hydrogen-bond donors (Lipinski definition) is 1. The van der Waals surface area contributed by atoms with Crippen molar-refractivity contribution in [1.29, 1.82) is 0 Å². The Morgan fingerprint density at radius 3 is 2.30 bits per heavy atom. The molecule has 0 radical (unpaired) electrons. The van der Waals surface area contributed by atoms with E-state index in [2.05, 4.69) is 54.4 Å². The molecule has 0 aliphatic rings. The summed E-state index contributed by atoms with van der Waals surface area (Å²) < 4.78 is 4.97. The lowest BCUT2D eigenvalue weighted by Crippen LogP contribution is -1.98. The van der Waals surface area contributed by atoms with Crippen molar-refractivity contribution in [3.63, 3.8) is 0 Å². The largest absolute Gasteiger partial charge is 0.463 e. The number of allylic oxidation sites excluding steroid dienone is 1. The van der Waals surface area contributed by atoms with Crippen LogP contribution in [0.3, 0.4) is 0 Å². The van der Waals surface area contributed by atoms with E-state index in [1.807, 2.05) is 36.4 Å². The van der Waals surface area contributed by atoms with E-state index < -0.39 is 0 Å². The fourth-order valence-electron chi connectivity index (χ4n) is 3.99. The first kappa shape index (κ1) is 22.6. The van der Waals surface area contributed by atoms with Gasteiger partial charge in [0.1, 0.15) is 0 Å². The van der Waals surface area contributed by atoms with Crippen molar-refractivity contribution in [2.75, 3.05) is 6.61 Å². The number of ether oxygens (including phenoxy) is 1. The Morgan fingerprint density at radius 1 is 0.939 bits per heavy atom. The van der Waals surface area contributed by atoms with Gasteiger partial charge in [-0.25, -0.2) is 4.79 Å². The van der Waals surface area contributed by atoms with Crippen LogP contribution < -0.4 is 0 Å². The van der Waals surface area contributed by atoms with Crippen LogP contribution in [0.5, 0.6) is 0 Å². The Hall–Kier alpha value is -3.56. The molecule has 0 aliphatic heterocycles. The second-order valence-electron chi connectivity index (χ2n) is 7.69. The quantitative estimate of drug-likeness (QED) is 0.176. The zero-order chi connectivity index (χ0) is 23.2. The van der Waals surface area contributed by atoms with Crippen LogP contribution in [0.2, 0.25) is 5.02 Å². The van der Waals surface area contributed by atoms with E-state index in [0.29, 0.717) is 6.61 Å². The number of hydrogen-bond acceptors (Lipinski definition) is 2. The van der Waals surface area contributed by atoms with Crippen molar-refractivity contribution in [1.82, 2.24) is 4.98 Å². The fraction of sp³-hybridized carbons (Fsp3) is 0.138. The first-order valence-electron chi connectivity index (χ1n) is 11.1. The van der Waals surface area contributed by atoms with Gasteiger partial charge >= 0.3 is 5.97 Å².